The fourth-order valence-electron chi connectivity index (χ4n) is 0.717. The van der Waals surface area contributed by atoms with Gasteiger partial charge in [0.15, 0.2) is 0 Å². The van der Waals surface area contributed by atoms with Gasteiger partial charge in [0.1, 0.15) is 12.6 Å². The zero-order valence-electron chi connectivity index (χ0n) is 7.18. The van der Waals surface area contributed by atoms with Crippen molar-refractivity contribution in [3.63, 3.8) is 0 Å². The highest BCUT2D eigenvalue weighted by molar-refractivity contribution is 9.10. The summed E-state index contributed by atoms with van der Waals surface area (Å²) in [6.07, 6.45) is 1.55. The number of halogens is 1. The molecule has 14 heavy (non-hydrogen) atoms. The number of carboxylic acid groups (broad SMARTS) is 1. The number of rotatable bonds is 4. The second-order valence-electron chi connectivity index (χ2n) is 2.55. The number of hydrogen-bond acceptors (Lipinski definition) is 4. The molecule has 6 heteroatoms. The number of carboxylic acids is 1. The highest BCUT2D eigenvalue weighted by Crippen LogP contribution is 2.20. The van der Waals surface area contributed by atoms with Crippen molar-refractivity contribution in [2.75, 3.05) is 6.61 Å². The maximum absolute atomic E-state index is 10.4. The minimum atomic E-state index is -1.10. The molecule has 0 fully saturated rings. The topological polar surface area (TPSA) is 85.4 Å². The number of aliphatic carboxylic acids is 1. The Kier molecular flexibility index (Phi) is 3.84. The minimum Gasteiger partial charge on any atom is -0.480 e. The third kappa shape index (κ3) is 2.97. The molecule has 0 aliphatic rings. The first kappa shape index (κ1) is 10.9. The molecule has 3 N–H and O–H groups in total. The highest BCUT2D eigenvalue weighted by Gasteiger charge is 2.13. The van der Waals surface area contributed by atoms with Crippen molar-refractivity contribution in [2.24, 2.45) is 5.73 Å². The van der Waals surface area contributed by atoms with Gasteiger partial charge in [-0.05, 0) is 28.1 Å². The molecule has 0 radical (unpaired) electrons. The lowest BCUT2D eigenvalue weighted by Gasteiger charge is -2.08. The van der Waals surface area contributed by atoms with Crippen LogP contribution in [0.3, 0.4) is 0 Å². The Morgan fingerprint density at radius 3 is 3.07 bits per heavy atom. The van der Waals surface area contributed by atoms with Gasteiger partial charge in [0.05, 0.1) is 4.47 Å². The molecule has 5 nitrogen and oxygen atoms in total. The second kappa shape index (κ2) is 4.92. The van der Waals surface area contributed by atoms with Crippen LogP contribution in [-0.2, 0) is 4.79 Å². The molecule has 1 unspecified atom stereocenters. The third-order valence-corrected chi connectivity index (χ3v) is 2.05. The molecule has 0 saturated heterocycles. The first-order valence-corrected chi connectivity index (χ1v) is 4.62. The quantitative estimate of drug-likeness (QED) is 0.830. The maximum atomic E-state index is 10.4. The fraction of sp³-hybridized carbons (Fsp3) is 0.250. The summed E-state index contributed by atoms with van der Waals surface area (Å²) in [5, 5.41) is 8.49. The van der Waals surface area contributed by atoms with Gasteiger partial charge < -0.3 is 15.6 Å². The molecule has 1 atom stereocenters. The fourth-order valence-corrected chi connectivity index (χ4v) is 1.09. The molecule has 1 heterocycles. The maximum Gasteiger partial charge on any atom is 0.324 e. The van der Waals surface area contributed by atoms with E-state index in [1.807, 2.05) is 0 Å². The van der Waals surface area contributed by atoms with E-state index in [-0.39, 0.29) is 6.61 Å². The molecule has 0 amide bonds. The van der Waals surface area contributed by atoms with Crippen LogP contribution in [0, 0.1) is 0 Å². The molecule has 1 aromatic rings. The zero-order valence-corrected chi connectivity index (χ0v) is 8.77. The van der Waals surface area contributed by atoms with E-state index in [2.05, 4.69) is 20.9 Å². The Labute approximate surface area is 89.0 Å². The average Bonchev–Trinajstić information content (AvgIpc) is 2.16. The van der Waals surface area contributed by atoms with Crippen LogP contribution in [0.2, 0.25) is 0 Å². The molecule has 0 aromatic carbocycles. The van der Waals surface area contributed by atoms with Crippen molar-refractivity contribution in [1.29, 1.82) is 0 Å². The summed E-state index contributed by atoms with van der Waals surface area (Å²) < 4.78 is 5.76. The van der Waals surface area contributed by atoms with Crippen molar-refractivity contribution >= 4 is 21.9 Å². The Morgan fingerprint density at radius 1 is 1.79 bits per heavy atom. The summed E-state index contributed by atoms with van der Waals surface area (Å²) in [6.45, 7) is -0.106. The Bertz CT molecular complexity index is 332. The van der Waals surface area contributed by atoms with Crippen LogP contribution < -0.4 is 10.5 Å². The molecule has 1 rings (SSSR count). The summed E-state index contributed by atoms with van der Waals surface area (Å²) in [5.41, 5.74) is 5.25. The van der Waals surface area contributed by atoms with Crippen LogP contribution in [-0.4, -0.2) is 28.7 Å². The summed E-state index contributed by atoms with van der Waals surface area (Å²) in [5.74, 6) is -0.763. The SMILES string of the molecule is NC(COc1ncccc1Br)C(=O)O. The molecule has 0 saturated carbocycles. The number of nitrogens with two attached hydrogens (primary N) is 1. The van der Waals surface area contributed by atoms with Crippen molar-refractivity contribution in [3.8, 4) is 5.88 Å². The van der Waals surface area contributed by atoms with Crippen molar-refractivity contribution < 1.29 is 14.6 Å². The van der Waals surface area contributed by atoms with Crippen LogP contribution >= 0.6 is 15.9 Å². The molecule has 0 aliphatic heterocycles. The van der Waals surface area contributed by atoms with Gasteiger partial charge in [-0.2, -0.15) is 0 Å². The van der Waals surface area contributed by atoms with E-state index in [1.54, 1.807) is 18.3 Å². The molecule has 76 valence electrons. The van der Waals surface area contributed by atoms with Gasteiger partial charge in [-0.1, -0.05) is 0 Å². The van der Waals surface area contributed by atoms with Crippen molar-refractivity contribution in [1.82, 2.24) is 4.98 Å². The Morgan fingerprint density at radius 2 is 2.50 bits per heavy atom. The molecular weight excluding hydrogens is 252 g/mol. The van der Waals surface area contributed by atoms with Gasteiger partial charge in [0.2, 0.25) is 5.88 Å². The second-order valence-corrected chi connectivity index (χ2v) is 3.40. The minimum absolute atomic E-state index is 0.106. The van der Waals surface area contributed by atoms with E-state index < -0.39 is 12.0 Å². The number of nitrogens with zero attached hydrogens (tertiary/aromatic N) is 1. The van der Waals surface area contributed by atoms with E-state index in [4.69, 9.17) is 15.6 Å². The lowest BCUT2D eigenvalue weighted by atomic mass is 10.3. The third-order valence-electron chi connectivity index (χ3n) is 1.44. The summed E-state index contributed by atoms with van der Waals surface area (Å²) in [6, 6.07) is 2.44. The largest absolute Gasteiger partial charge is 0.480 e. The number of hydrogen-bond donors (Lipinski definition) is 2. The zero-order chi connectivity index (χ0) is 10.6. The summed E-state index contributed by atoms with van der Waals surface area (Å²) in [4.78, 5) is 14.3. The first-order valence-electron chi connectivity index (χ1n) is 3.83. The van der Waals surface area contributed by atoms with Crippen molar-refractivity contribution in [2.45, 2.75) is 6.04 Å². The normalized spacial score (nSPS) is 12.1. The predicted octanol–water partition coefficient (Wildman–Crippen LogP) is 0.635. The van der Waals surface area contributed by atoms with Crippen LogP contribution in [0.25, 0.3) is 0 Å². The molecule has 0 spiro atoms. The van der Waals surface area contributed by atoms with Gasteiger partial charge in [0, 0.05) is 6.20 Å². The van der Waals surface area contributed by atoms with Gasteiger partial charge in [-0.25, -0.2) is 4.98 Å². The van der Waals surface area contributed by atoms with E-state index >= 15 is 0 Å². The van der Waals surface area contributed by atoms with Gasteiger partial charge >= 0.3 is 5.97 Å². The van der Waals surface area contributed by atoms with Crippen molar-refractivity contribution in [3.05, 3.63) is 22.8 Å². The van der Waals surface area contributed by atoms with Gasteiger partial charge in [0.25, 0.3) is 0 Å². The highest BCUT2D eigenvalue weighted by atomic mass is 79.9. The van der Waals surface area contributed by atoms with E-state index in [0.29, 0.717) is 10.4 Å². The number of ether oxygens (including phenoxy) is 1. The van der Waals surface area contributed by atoms with Crippen LogP contribution in [0.15, 0.2) is 22.8 Å². The molecular formula is C8H9BrN2O3. The predicted molar refractivity (Wildman–Crippen MR) is 53.0 cm³/mol. The van der Waals surface area contributed by atoms with E-state index in [9.17, 15) is 4.79 Å². The molecule has 0 aliphatic carbocycles. The lowest BCUT2D eigenvalue weighted by Crippen LogP contribution is -2.36. The van der Waals surface area contributed by atoms with Crippen LogP contribution in [0.1, 0.15) is 0 Å². The molecule has 0 bridgehead atoms. The average molecular weight is 261 g/mol. The smallest absolute Gasteiger partial charge is 0.324 e. The van der Waals surface area contributed by atoms with Crippen LogP contribution in [0.5, 0.6) is 5.88 Å². The molecule has 1 aromatic heterocycles. The van der Waals surface area contributed by atoms with Crippen LogP contribution in [0.4, 0.5) is 0 Å². The van der Waals surface area contributed by atoms with E-state index in [0.717, 1.165) is 0 Å². The van der Waals surface area contributed by atoms with E-state index in [1.165, 1.54) is 0 Å². The monoisotopic (exact) mass is 260 g/mol. The summed E-state index contributed by atoms with van der Waals surface area (Å²) >= 11 is 3.21. The number of aromatic nitrogens is 1. The van der Waals surface area contributed by atoms with Gasteiger partial charge in [-0.3, -0.25) is 4.79 Å². The number of pyridine rings is 1. The van der Waals surface area contributed by atoms with Gasteiger partial charge in [-0.15, -0.1) is 0 Å². The Balaban J connectivity index is 2.54. The standard InChI is InChI=1S/C8H9BrN2O3/c9-5-2-1-3-11-7(5)14-4-6(10)8(12)13/h1-3,6H,4,10H2,(H,12,13). The lowest BCUT2D eigenvalue weighted by molar-refractivity contribution is -0.139. The number of carbonyl (C=O) groups is 1. The first-order chi connectivity index (χ1) is 6.61. The Hall–Kier alpha value is -1.14. The summed E-state index contributed by atoms with van der Waals surface area (Å²) in [7, 11) is 0.